The predicted molar refractivity (Wildman–Crippen MR) is 120 cm³/mol. The summed E-state index contributed by atoms with van der Waals surface area (Å²) in [7, 11) is 0. The molecule has 162 valence electrons. The van der Waals surface area contributed by atoms with Crippen LogP contribution in [0.5, 0.6) is 0 Å². The van der Waals surface area contributed by atoms with E-state index in [0.717, 1.165) is 20.7 Å². The molecule has 0 atom stereocenters. The van der Waals surface area contributed by atoms with Crippen molar-refractivity contribution in [2.24, 2.45) is 5.92 Å². The van der Waals surface area contributed by atoms with Gasteiger partial charge in [0.05, 0.1) is 21.3 Å². The Balaban J connectivity index is 1.63. The van der Waals surface area contributed by atoms with E-state index in [4.69, 9.17) is 11.6 Å². The molecule has 1 aliphatic heterocycles. The van der Waals surface area contributed by atoms with E-state index in [9.17, 15) is 20.0 Å². The topological polar surface area (TPSA) is 121 Å². The first kappa shape index (κ1) is 21.3. The number of rotatable bonds is 6. The third-order valence-electron chi connectivity index (χ3n) is 5.35. The minimum atomic E-state index is -0.768. The number of carbonyl (C=O) groups is 1. The first-order valence-corrected chi connectivity index (χ1v) is 10.9. The van der Waals surface area contributed by atoms with Crippen molar-refractivity contribution in [1.29, 1.82) is 0 Å². The van der Waals surface area contributed by atoms with Gasteiger partial charge < -0.3 is 15.3 Å². The number of thiophene rings is 1. The molecule has 0 radical (unpaired) electrons. The molecule has 1 aliphatic rings. The molecule has 1 aromatic carbocycles. The number of nitrogens with one attached hydrogen (secondary N) is 1. The van der Waals surface area contributed by atoms with Crippen LogP contribution < -0.4 is 10.2 Å². The van der Waals surface area contributed by atoms with Gasteiger partial charge in [-0.15, -0.1) is 11.3 Å². The molecule has 1 fully saturated rings. The van der Waals surface area contributed by atoms with Crippen molar-refractivity contribution in [2.45, 2.75) is 26.3 Å². The van der Waals surface area contributed by atoms with Gasteiger partial charge in [-0.05, 0) is 25.3 Å². The fraction of sp³-hybridized carbons (Fsp3) is 0.350. The van der Waals surface area contributed by atoms with E-state index in [1.807, 2.05) is 11.8 Å². The summed E-state index contributed by atoms with van der Waals surface area (Å²) in [6.45, 7) is 3.37. The number of halogens is 1. The molecule has 4 rings (SSSR count). The Bertz CT molecular complexity index is 1160. The Hall–Kier alpha value is -2.98. The number of carboxylic acids is 1. The molecule has 0 aliphatic carbocycles. The lowest BCUT2D eigenvalue weighted by atomic mass is 9.97. The first-order valence-electron chi connectivity index (χ1n) is 9.75. The van der Waals surface area contributed by atoms with Gasteiger partial charge in [-0.3, -0.25) is 14.9 Å². The average molecular weight is 462 g/mol. The molecule has 2 N–H and O–H groups in total. The van der Waals surface area contributed by atoms with Crippen LogP contribution in [0.3, 0.4) is 0 Å². The van der Waals surface area contributed by atoms with Crippen molar-refractivity contribution in [1.82, 2.24) is 9.97 Å². The summed E-state index contributed by atoms with van der Waals surface area (Å²) in [6.07, 6.45) is 1.08. The van der Waals surface area contributed by atoms with Crippen LogP contribution in [0.4, 0.5) is 17.5 Å². The molecule has 1 saturated heterocycles. The monoisotopic (exact) mass is 461 g/mol. The van der Waals surface area contributed by atoms with Gasteiger partial charge in [0.2, 0.25) is 5.95 Å². The maximum Gasteiger partial charge on any atom is 0.306 e. The lowest BCUT2D eigenvalue weighted by Crippen LogP contribution is -2.37. The predicted octanol–water partition coefficient (Wildman–Crippen LogP) is 4.47. The molecular weight excluding hydrogens is 442 g/mol. The number of carboxylic acid groups (broad SMARTS) is 1. The van der Waals surface area contributed by atoms with Crippen LogP contribution in [0.25, 0.3) is 10.2 Å². The average Bonchev–Trinajstić information content (AvgIpc) is 3.05. The molecule has 3 heterocycles. The minimum Gasteiger partial charge on any atom is -0.481 e. The number of fused-ring (bicyclic) bond motifs is 1. The number of hydrogen-bond acceptors (Lipinski definition) is 8. The van der Waals surface area contributed by atoms with Gasteiger partial charge in [0.25, 0.3) is 5.69 Å². The normalized spacial score (nSPS) is 14.7. The SMILES string of the molecule is Cc1sc2nc(N3CCC(C(=O)O)CC3)nc(NCc3cccc([N+](=O)[O-])c3)c2c1Cl. The number of nitrogens with zero attached hydrogens (tertiary/aromatic N) is 4. The number of nitro benzene ring substituents is 1. The van der Waals surface area contributed by atoms with Crippen LogP contribution in [0.2, 0.25) is 5.02 Å². The molecule has 3 aromatic rings. The lowest BCUT2D eigenvalue weighted by molar-refractivity contribution is -0.384. The third-order valence-corrected chi connectivity index (χ3v) is 6.93. The molecule has 2 aromatic heterocycles. The number of aryl methyl sites for hydroxylation is 1. The van der Waals surface area contributed by atoms with Crippen LogP contribution in [-0.4, -0.2) is 39.1 Å². The number of anilines is 2. The minimum absolute atomic E-state index is 0.0264. The standard InChI is InChI=1S/C20H20ClN5O4S/c1-11-16(21)15-17(22-10-12-3-2-4-14(9-12)26(29)30)23-20(24-18(15)31-11)25-7-5-13(6-8-25)19(27)28/h2-4,9,13H,5-8,10H2,1H3,(H,27,28)(H,22,23,24). The molecule has 11 heteroatoms. The first-order chi connectivity index (χ1) is 14.8. The summed E-state index contributed by atoms with van der Waals surface area (Å²) in [5, 5.41) is 24.8. The van der Waals surface area contributed by atoms with Crippen LogP contribution in [0, 0.1) is 23.0 Å². The van der Waals surface area contributed by atoms with Gasteiger partial charge in [0.15, 0.2) is 0 Å². The summed E-state index contributed by atoms with van der Waals surface area (Å²) in [4.78, 5) is 34.9. The molecule has 9 nitrogen and oxygen atoms in total. The highest BCUT2D eigenvalue weighted by Gasteiger charge is 2.27. The number of piperidine rings is 1. The number of benzene rings is 1. The van der Waals surface area contributed by atoms with E-state index in [2.05, 4.69) is 15.3 Å². The Morgan fingerprint density at radius 1 is 1.39 bits per heavy atom. The van der Waals surface area contributed by atoms with Gasteiger partial charge in [0.1, 0.15) is 10.6 Å². The van der Waals surface area contributed by atoms with Gasteiger partial charge in [-0.1, -0.05) is 23.7 Å². The fourth-order valence-corrected chi connectivity index (χ4v) is 4.89. The molecule has 0 amide bonds. The van der Waals surface area contributed by atoms with E-state index >= 15 is 0 Å². The fourth-order valence-electron chi connectivity index (χ4n) is 3.63. The van der Waals surface area contributed by atoms with E-state index in [1.165, 1.54) is 23.5 Å². The zero-order valence-electron chi connectivity index (χ0n) is 16.7. The zero-order chi connectivity index (χ0) is 22.1. The largest absolute Gasteiger partial charge is 0.481 e. The Morgan fingerprint density at radius 2 is 2.13 bits per heavy atom. The maximum absolute atomic E-state index is 11.2. The molecular formula is C20H20ClN5O4S. The van der Waals surface area contributed by atoms with Gasteiger partial charge in [-0.2, -0.15) is 4.98 Å². The second-order valence-corrected chi connectivity index (χ2v) is 8.99. The second kappa shape index (κ2) is 8.64. The summed E-state index contributed by atoms with van der Waals surface area (Å²) in [5.74, 6) is -0.0297. The highest BCUT2D eigenvalue weighted by Crippen LogP contribution is 2.39. The van der Waals surface area contributed by atoms with Crippen molar-refractivity contribution >= 4 is 56.6 Å². The van der Waals surface area contributed by atoms with Crippen LogP contribution in [-0.2, 0) is 11.3 Å². The highest BCUT2D eigenvalue weighted by atomic mass is 35.5. The molecule has 31 heavy (non-hydrogen) atoms. The van der Waals surface area contributed by atoms with Crippen LogP contribution in [0.15, 0.2) is 24.3 Å². The second-order valence-electron chi connectivity index (χ2n) is 7.40. The molecule has 0 bridgehead atoms. The van der Waals surface area contributed by atoms with Crippen molar-refractivity contribution in [2.75, 3.05) is 23.3 Å². The Kier molecular flexibility index (Phi) is 5.92. The van der Waals surface area contributed by atoms with E-state index < -0.39 is 10.9 Å². The highest BCUT2D eigenvalue weighted by molar-refractivity contribution is 7.19. The Labute approximate surface area is 186 Å². The van der Waals surface area contributed by atoms with Crippen LogP contribution in [0.1, 0.15) is 23.3 Å². The van der Waals surface area contributed by atoms with Crippen molar-refractivity contribution in [3.8, 4) is 0 Å². The number of nitro groups is 1. The maximum atomic E-state index is 11.2. The lowest BCUT2D eigenvalue weighted by Gasteiger charge is -2.30. The molecule has 0 saturated carbocycles. The summed E-state index contributed by atoms with van der Waals surface area (Å²) < 4.78 is 0. The molecule has 0 unspecified atom stereocenters. The van der Waals surface area contributed by atoms with E-state index in [-0.39, 0.29) is 11.6 Å². The van der Waals surface area contributed by atoms with E-state index in [0.29, 0.717) is 49.3 Å². The van der Waals surface area contributed by atoms with Gasteiger partial charge in [-0.25, -0.2) is 4.98 Å². The quantitative estimate of drug-likeness (QED) is 0.407. The van der Waals surface area contributed by atoms with Gasteiger partial charge in [0, 0.05) is 36.6 Å². The smallest absolute Gasteiger partial charge is 0.306 e. The third kappa shape index (κ3) is 4.40. The summed E-state index contributed by atoms with van der Waals surface area (Å²) in [6, 6.07) is 6.41. The number of hydrogen-bond donors (Lipinski definition) is 2. The van der Waals surface area contributed by atoms with Crippen molar-refractivity contribution < 1.29 is 14.8 Å². The number of aliphatic carboxylic acids is 1. The van der Waals surface area contributed by atoms with Crippen molar-refractivity contribution in [3.63, 3.8) is 0 Å². The number of non-ortho nitro benzene ring substituents is 1. The van der Waals surface area contributed by atoms with Gasteiger partial charge >= 0.3 is 5.97 Å². The summed E-state index contributed by atoms with van der Waals surface area (Å²) in [5.41, 5.74) is 0.770. The molecule has 0 spiro atoms. The summed E-state index contributed by atoms with van der Waals surface area (Å²) >= 11 is 7.98. The zero-order valence-corrected chi connectivity index (χ0v) is 18.2. The van der Waals surface area contributed by atoms with Crippen molar-refractivity contribution in [3.05, 3.63) is 49.8 Å². The number of aromatic nitrogens is 2. The van der Waals surface area contributed by atoms with Crippen LogP contribution >= 0.6 is 22.9 Å². The Morgan fingerprint density at radius 3 is 2.81 bits per heavy atom. The van der Waals surface area contributed by atoms with E-state index in [1.54, 1.807) is 12.1 Å².